The van der Waals surface area contributed by atoms with Gasteiger partial charge in [0.2, 0.25) is 0 Å². The van der Waals surface area contributed by atoms with Gasteiger partial charge in [0.15, 0.2) is 0 Å². The first kappa shape index (κ1) is 14.8. The van der Waals surface area contributed by atoms with Gasteiger partial charge in [0.25, 0.3) is 0 Å². The van der Waals surface area contributed by atoms with Crippen LogP contribution >= 0.6 is 0 Å². The minimum absolute atomic E-state index is 0.0476. The molecule has 0 amide bonds. The normalized spacial score (nSPS) is 36.0. The number of nitrogens with one attached hydrogen (secondary N) is 1. The zero-order valence-corrected chi connectivity index (χ0v) is 12.9. The smallest absolute Gasteiger partial charge is 0.0951 e. The number of hydrogen-bond donors (Lipinski definition) is 1. The topological polar surface area (TPSA) is 33.7 Å². The number of piperidine rings is 1. The molecule has 3 saturated heterocycles. The molecule has 0 aromatic carbocycles. The molecule has 4 nitrogen and oxygen atoms in total. The lowest BCUT2D eigenvalue weighted by Crippen LogP contribution is -2.48. The fourth-order valence-corrected chi connectivity index (χ4v) is 3.98. The molecule has 0 aliphatic carbocycles. The van der Waals surface area contributed by atoms with Crippen molar-refractivity contribution in [3.05, 3.63) is 0 Å². The zero-order chi connectivity index (χ0) is 13.8. The third-order valence-electron chi connectivity index (χ3n) is 5.51. The predicted molar refractivity (Wildman–Crippen MR) is 80.0 cm³/mol. The van der Waals surface area contributed by atoms with Crippen molar-refractivity contribution >= 4 is 0 Å². The molecule has 3 aliphatic heterocycles. The average molecular weight is 282 g/mol. The summed E-state index contributed by atoms with van der Waals surface area (Å²) in [7, 11) is 2.31. The van der Waals surface area contributed by atoms with Crippen molar-refractivity contribution < 1.29 is 9.47 Å². The van der Waals surface area contributed by atoms with Crippen molar-refractivity contribution in [2.24, 2.45) is 5.92 Å². The molecule has 0 aromatic heterocycles. The van der Waals surface area contributed by atoms with E-state index in [4.69, 9.17) is 9.47 Å². The predicted octanol–water partition coefficient (Wildman–Crippen LogP) is 1.65. The van der Waals surface area contributed by atoms with Crippen molar-refractivity contribution in [1.82, 2.24) is 10.2 Å². The molecule has 2 atom stereocenters. The van der Waals surface area contributed by atoms with Crippen LogP contribution in [0.25, 0.3) is 0 Å². The Kier molecular flexibility index (Phi) is 4.97. The van der Waals surface area contributed by atoms with Crippen LogP contribution < -0.4 is 5.32 Å². The lowest BCUT2D eigenvalue weighted by atomic mass is 9.88. The third kappa shape index (κ3) is 3.53. The van der Waals surface area contributed by atoms with Gasteiger partial charge >= 0.3 is 0 Å². The van der Waals surface area contributed by atoms with Gasteiger partial charge in [0, 0.05) is 25.7 Å². The zero-order valence-electron chi connectivity index (χ0n) is 12.9. The highest BCUT2D eigenvalue weighted by atomic mass is 16.6. The van der Waals surface area contributed by atoms with Crippen LogP contribution in [-0.2, 0) is 9.47 Å². The minimum Gasteiger partial charge on any atom is -0.378 e. The van der Waals surface area contributed by atoms with Crippen LogP contribution in [0.5, 0.6) is 0 Å². The maximum atomic E-state index is 6.04. The first-order chi connectivity index (χ1) is 9.77. The Hall–Kier alpha value is -0.160. The van der Waals surface area contributed by atoms with E-state index in [0.717, 1.165) is 38.6 Å². The van der Waals surface area contributed by atoms with Crippen molar-refractivity contribution in [3.63, 3.8) is 0 Å². The first-order valence-corrected chi connectivity index (χ1v) is 8.40. The summed E-state index contributed by atoms with van der Waals surface area (Å²) >= 11 is 0. The summed E-state index contributed by atoms with van der Waals surface area (Å²) in [5.74, 6) is 0.933. The van der Waals surface area contributed by atoms with E-state index in [1.165, 1.54) is 45.3 Å². The largest absolute Gasteiger partial charge is 0.378 e. The SMILES string of the molecule is CN(CCC1CCNCC1)C1CCOC2(CCOC2)C1. The Balaban J connectivity index is 1.45. The van der Waals surface area contributed by atoms with Crippen LogP contribution in [0.2, 0.25) is 0 Å². The Bertz CT molecular complexity index is 299. The molecule has 4 heteroatoms. The fraction of sp³-hybridized carbons (Fsp3) is 1.00. The van der Waals surface area contributed by atoms with E-state index in [1.54, 1.807) is 0 Å². The van der Waals surface area contributed by atoms with E-state index in [2.05, 4.69) is 17.3 Å². The van der Waals surface area contributed by atoms with E-state index < -0.39 is 0 Å². The quantitative estimate of drug-likeness (QED) is 0.850. The summed E-state index contributed by atoms with van der Waals surface area (Å²) in [6.07, 6.45) is 7.52. The van der Waals surface area contributed by atoms with Gasteiger partial charge in [-0.15, -0.1) is 0 Å². The number of nitrogens with zero attached hydrogens (tertiary/aromatic N) is 1. The molecule has 0 saturated carbocycles. The second-order valence-electron chi connectivity index (χ2n) is 6.94. The van der Waals surface area contributed by atoms with E-state index in [-0.39, 0.29) is 5.60 Å². The molecule has 0 bridgehead atoms. The Labute approximate surface area is 123 Å². The Morgan fingerprint density at radius 3 is 2.80 bits per heavy atom. The van der Waals surface area contributed by atoms with E-state index in [9.17, 15) is 0 Å². The van der Waals surface area contributed by atoms with Gasteiger partial charge in [0.05, 0.1) is 12.2 Å². The van der Waals surface area contributed by atoms with Crippen LogP contribution in [0.3, 0.4) is 0 Å². The van der Waals surface area contributed by atoms with Gasteiger partial charge in [-0.2, -0.15) is 0 Å². The first-order valence-electron chi connectivity index (χ1n) is 8.40. The molecule has 3 rings (SSSR count). The van der Waals surface area contributed by atoms with Crippen molar-refractivity contribution in [3.8, 4) is 0 Å². The van der Waals surface area contributed by atoms with Gasteiger partial charge in [-0.1, -0.05) is 0 Å². The molecule has 0 radical (unpaired) electrons. The highest BCUT2D eigenvalue weighted by Crippen LogP contribution is 2.34. The van der Waals surface area contributed by atoms with Crippen molar-refractivity contribution in [2.75, 3.05) is 46.5 Å². The second-order valence-corrected chi connectivity index (χ2v) is 6.94. The Morgan fingerprint density at radius 1 is 1.20 bits per heavy atom. The standard InChI is InChI=1S/C16H30N2O2/c1-18(9-4-14-2-7-17-8-3-14)15-5-10-20-16(12-15)6-11-19-13-16/h14-15,17H,2-13H2,1H3. The van der Waals surface area contributed by atoms with E-state index in [0.29, 0.717) is 6.04 Å². The minimum atomic E-state index is 0.0476. The van der Waals surface area contributed by atoms with E-state index in [1.807, 2.05) is 0 Å². The van der Waals surface area contributed by atoms with Crippen LogP contribution in [0, 0.1) is 5.92 Å². The highest BCUT2D eigenvalue weighted by Gasteiger charge is 2.41. The molecular formula is C16H30N2O2. The summed E-state index contributed by atoms with van der Waals surface area (Å²) in [4.78, 5) is 2.59. The number of rotatable bonds is 4. The van der Waals surface area contributed by atoms with Crippen molar-refractivity contribution in [1.29, 1.82) is 0 Å². The lowest BCUT2D eigenvalue weighted by molar-refractivity contribution is -0.104. The Morgan fingerprint density at radius 2 is 2.05 bits per heavy atom. The van der Waals surface area contributed by atoms with Crippen LogP contribution in [0.15, 0.2) is 0 Å². The molecule has 0 aromatic rings. The van der Waals surface area contributed by atoms with Gasteiger partial charge < -0.3 is 19.7 Å². The molecule has 2 unspecified atom stereocenters. The maximum Gasteiger partial charge on any atom is 0.0951 e. The fourth-order valence-electron chi connectivity index (χ4n) is 3.98. The maximum absolute atomic E-state index is 6.04. The van der Waals surface area contributed by atoms with Gasteiger partial charge in [-0.3, -0.25) is 0 Å². The van der Waals surface area contributed by atoms with Crippen LogP contribution in [0.1, 0.15) is 38.5 Å². The third-order valence-corrected chi connectivity index (χ3v) is 5.51. The number of hydrogen-bond acceptors (Lipinski definition) is 4. The molecule has 1 N–H and O–H groups in total. The van der Waals surface area contributed by atoms with Crippen molar-refractivity contribution in [2.45, 2.75) is 50.2 Å². The van der Waals surface area contributed by atoms with Gasteiger partial charge in [-0.05, 0) is 64.7 Å². The monoisotopic (exact) mass is 282 g/mol. The van der Waals surface area contributed by atoms with E-state index >= 15 is 0 Å². The summed E-state index contributed by atoms with van der Waals surface area (Å²) in [6.45, 7) is 6.27. The van der Waals surface area contributed by atoms with Crippen LogP contribution in [0.4, 0.5) is 0 Å². The highest BCUT2D eigenvalue weighted by molar-refractivity contribution is 4.93. The van der Waals surface area contributed by atoms with Crippen LogP contribution in [-0.4, -0.2) is 63.0 Å². The molecule has 116 valence electrons. The summed E-state index contributed by atoms with van der Waals surface area (Å²) in [5, 5.41) is 3.45. The lowest BCUT2D eigenvalue weighted by Gasteiger charge is -2.41. The van der Waals surface area contributed by atoms with Gasteiger partial charge in [0.1, 0.15) is 0 Å². The second kappa shape index (κ2) is 6.73. The average Bonchev–Trinajstić information content (AvgIpc) is 2.93. The summed E-state index contributed by atoms with van der Waals surface area (Å²) < 4.78 is 11.6. The molecule has 3 fully saturated rings. The molecule has 3 heterocycles. The van der Waals surface area contributed by atoms with Gasteiger partial charge in [-0.25, -0.2) is 0 Å². The molecular weight excluding hydrogens is 252 g/mol. The summed E-state index contributed by atoms with van der Waals surface area (Å²) in [5.41, 5.74) is 0.0476. The molecule has 1 spiro atoms. The summed E-state index contributed by atoms with van der Waals surface area (Å²) in [6, 6.07) is 0.687. The molecule has 20 heavy (non-hydrogen) atoms. The number of ether oxygens (including phenoxy) is 2. The molecule has 3 aliphatic rings.